The van der Waals surface area contributed by atoms with Gasteiger partial charge in [-0.15, -0.1) is 0 Å². The van der Waals surface area contributed by atoms with Gasteiger partial charge in [-0.05, 0) is 49.0 Å². The average molecular weight is 220 g/mol. The second-order valence-electron chi connectivity index (χ2n) is 6.73. The largest absolute Gasteiger partial charge is 0.294 e. The number of fused-ring (bicyclic) bond motifs is 1. The molecule has 0 amide bonds. The van der Waals surface area contributed by atoms with Gasteiger partial charge in [-0.2, -0.15) is 0 Å². The van der Waals surface area contributed by atoms with Gasteiger partial charge in [0.25, 0.3) is 0 Å². The highest BCUT2D eigenvalue weighted by Crippen LogP contribution is 2.61. The van der Waals surface area contributed by atoms with Crippen molar-refractivity contribution < 1.29 is 4.79 Å². The fraction of sp³-hybridized carbons (Fsp3) is 0.800. The summed E-state index contributed by atoms with van der Waals surface area (Å²) in [5.41, 5.74) is 2.66. The third kappa shape index (κ3) is 1.20. The van der Waals surface area contributed by atoms with Gasteiger partial charge in [0.2, 0.25) is 0 Å². The first kappa shape index (κ1) is 11.9. The van der Waals surface area contributed by atoms with Crippen LogP contribution in [0.15, 0.2) is 11.1 Å². The molecule has 1 nitrogen and oxygen atoms in total. The molecule has 2 aliphatic rings. The highest BCUT2D eigenvalue weighted by Gasteiger charge is 2.57. The van der Waals surface area contributed by atoms with Crippen LogP contribution in [0.25, 0.3) is 0 Å². The molecule has 0 bridgehead atoms. The Kier molecular flexibility index (Phi) is 2.38. The van der Waals surface area contributed by atoms with Crippen LogP contribution in [-0.4, -0.2) is 5.78 Å². The summed E-state index contributed by atoms with van der Waals surface area (Å²) in [6, 6.07) is 0. The fourth-order valence-electron chi connectivity index (χ4n) is 4.00. The molecule has 0 N–H and O–H groups in total. The van der Waals surface area contributed by atoms with Crippen LogP contribution in [0.1, 0.15) is 54.4 Å². The number of hydrogen-bond acceptors (Lipinski definition) is 1. The van der Waals surface area contributed by atoms with Gasteiger partial charge in [-0.1, -0.05) is 33.3 Å². The smallest absolute Gasteiger partial charge is 0.163 e. The Labute approximate surface area is 99.3 Å². The molecule has 1 saturated carbocycles. The monoisotopic (exact) mass is 220 g/mol. The van der Waals surface area contributed by atoms with Crippen molar-refractivity contribution in [2.45, 2.75) is 54.4 Å². The molecule has 0 radical (unpaired) electrons. The fourth-order valence-corrected chi connectivity index (χ4v) is 4.00. The Morgan fingerprint density at radius 2 is 1.75 bits per heavy atom. The standard InChI is InChI=1S/C15H24O/c1-9-7-8-15(6)11(3)10(2)12(16)13(15)14(9,4)5/h9,13H,7-8H2,1-6H3. The summed E-state index contributed by atoms with van der Waals surface area (Å²) in [7, 11) is 0. The van der Waals surface area contributed by atoms with Crippen LogP contribution in [0.2, 0.25) is 0 Å². The van der Waals surface area contributed by atoms with Gasteiger partial charge < -0.3 is 0 Å². The second kappa shape index (κ2) is 3.21. The van der Waals surface area contributed by atoms with Crippen molar-refractivity contribution in [1.29, 1.82) is 0 Å². The van der Waals surface area contributed by atoms with E-state index in [1.54, 1.807) is 0 Å². The lowest BCUT2D eigenvalue weighted by Gasteiger charge is -2.51. The number of hydrogen-bond donors (Lipinski definition) is 0. The Balaban J connectivity index is 2.53. The van der Waals surface area contributed by atoms with E-state index in [4.69, 9.17) is 0 Å². The third-order valence-corrected chi connectivity index (χ3v) is 5.80. The van der Waals surface area contributed by atoms with Gasteiger partial charge >= 0.3 is 0 Å². The Hall–Kier alpha value is -0.590. The topological polar surface area (TPSA) is 17.1 Å². The molecule has 3 unspecified atom stereocenters. The van der Waals surface area contributed by atoms with Crippen LogP contribution in [0, 0.1) is 22.7 Å². The minimum Gasteiger partial charge on any atom is -0.294 e. The van der Waals surface area contributed by atoms with Crippen molar-refractivity contribution >= 4 is 5.78 Å². The number of allylic oxidation sites excluding steroid dienone is 2. The van der Waals surface area contributed by atoms with E-state index in [0.29, 0.717) is 11.7 Å². The molecule has 0 spiro atoms. The number of rotatable bonds is 0. The van der Waals surface area contributed by atoms with Crippen molar-refractivity contribution in [2.24, 2.45) is 22.7 Å². The zero-order valence-electron chi connectivity index (χ0n) is 11.5. The first-order valence-electron chi connectivity index (χ1n) is 6.45. The maximum Gasteiger partial charge on any atom is 0.163 e. The maximum absolute atomic E-state index is 12.5. The first-order chi connectivity index (χ1) is 7.23. The second-order valence-corrected chi connectivity index (χ2v) is 6.73. The van der Waals surface area contributed by atoms with E-state index >= 15 is 0 Å². The third-order valence-electron chi connectivity index (χ3n) is 5.80. The molecule has 1 heteroatoms. The summed E-state index contributed by atoms with van der Waals surface area (Å²) in [5.74, 6) is 1.27. The van der Waals surface area contributed by atoms with E-state index in [9.17, 15) is 4.79 Å². The van der Waals surface area contributed by atoms with Crippen molar-refractivity contribution in [3.05, 3.63) is 11.1 Å². The molecule has 0 heterocycles. The van der Waals surface area contributed by atoms with E-state index in [-0.39, 0.29) is 16.7 Å². The van der Waals surface area contributed by atoms with Crippen molar-refractivity contribution in [1.82, 2.24) is 0 Å². The lowest BCUT2D eigenvalue weighted by atomic mass is 9.52. The SMILES string of the molecule is CC1=C(C)C2(C)CCC(C)C(C)(C)C2C1=O. The van der Waals surface area contributed by atoms with Gasteiger partial charge in [0.15, 0.2) is 5.78 Å². The Bertz CT molecular complexity index is 375. The minimum absolute atomic E-state index is 0.136. The van der Waals surface area contributed by atoms with Gasteiger partial charge in [-0.25, -0.2) is 0 Å². The Morgan fingerprint density at radius 3 is 2.31 bits per heavy atom. The molecule has 2 aliphatic carbocycles. The summed E-state index contributed by atoms with van der Waals surface area (Å²) < 4.78 is 0. The zero-order chi connectivity index (χ0) is 12.3. The lowest BCUT2D eigenvalue weighted by molar-refractivity contribution is -0.130. The number of ketones is 1. The molecule has 2 rings (SSSR count). The van der Waals surface area contributed by atoms with Gasteiger partial charge in [0, 0.05) is 5.92 Å². The van der Waals surface area contributed by atoms with E-state index in [0.717, 1.165) is 5.57 Å². The van der Waals surface area contributed by atoms with Crippen molar-refractivity contribution in [3.8, 4) is 0 Å². The Morgan fingerprint density at radius 1 is 1.19 bits per heavy atom. The molecule has 0 aromatic carbocycles. The zero-order valence-corrected chi connectivity index (χ0v) is 11.5. The number of Topliss-reactive ketones (excluding diaryl/α,β-unsaturated/α-hetero) is 1. The summed E-state index contributed by atoms with van der Waals surface area (Å²) >= 11 is 0. The van der Waals surface area contributed by atoms with E-state index < -0.39 is 0 Å². The summed E-state index contributed by atoms with van der Waals surface area (Å²) in [5, 5.41) is 0. The molecule has 3 atom stereocenters. The molecule has 90 valence electrons. The quantitative estimate of drug-likeness (QED) is 0.603. The highest BCUT2D eigenvalue weighted by molar-refractivity contribution is 6.01. The highest BCUT2D eigenvalue weighted by atomic mass is 16.1. The molecule has 1 fully saturated rings. The minimum atomic E-state index is 0.136. The van der Waals surface area contributed by atoms with Crippen LogP contribution in [0.5, 0.6) is 0 Å². The molecule has 16 heavy (non-hydrogen) atoms. The predicted molar refractivity (Wildman–Crippen MR) is 67.2 cm³/mol. The number of carbonyl (C=O) groups is 1. The maximum atomic E-state index is 12.5. The molecule has 0 aliphatic heterocycles. The number of carbonyl (C=O) groups excluding carboxylic acids is 1. The molecule has 0 saturated heterocycles. The molecule has 0 aromatic rings. The van der Waals surface area contributed by atoms with Crippen LogP contribution < -0.4 is 0 Å². The lowest BCUT2D eigenvalue weighted by Crippen LogP contribution is -2.47. The predicted octanol–water partition coefficient (Wildman–Crippen LogP) is 3.98. The average Bonchev–Trinajstić information content (AvgIpc) is 2.37. The normalized spacial score (nSPS) is 42.5. The van der Waals surface area contributed by atoms with Crippen LogP contribution >= 0.6 is 0 Å². The van der Waals surface area contributed by atoms with E-state index in [2.05, 4.69) is 34.6 Å². The molecular weight excluding hydrogens is 196 g/mol. The molecular formula is C15H24O. The van der Waals surface area contributed by atoms with Crippen molar-refractivity contribution in [2.75, 3.05) is 0 Å². The van der Waals surface area contributed by atoms with Crippen LogP contribution in [0.3, 0.4) is 0 Å². The summed E-state index contributed by atoms with van der Waals surface area (Å²) in [6.07, 6.45) is 2.43. The van der Waals surface area contributed by atoms with Gasteiger partial charge in [-0.3, -0.25) is 4.79 Å². The van der Waals surface area contributed by atoms with E-state index in [1.165, 1.54) is 18.4 Å². The van der Waals surface area contributed by atoms with Crippen LogP contribution in [0.4, 0.5) is 0 Å². The summed E-state index contributed by atoms with van der Waals surface area (Å²) in [4.78, 5) is 12.5. The van der Waals surface area contributed by atoms with Gasteiger partial charge in [0.1, 0.15) is 0 Å². The van der Waals surface area contributed by atoms with Crippen LogP contribution in [-0.2, 0) is 4.79 Å². The first-order valence-corrected chi connectivity index (χ1v) is 6.45. The van der Waals surface area contributed by atoms with Gasteiger partial charge in [0.05, 0.1) is 0 Å². The van der Waals surface area contributed by atoms with Crippen molar-refractivity contribution in [3.63, 3.8) is 0 Å². The molecule has 0 aromatic heterocycles. The summed E-state index contributed by atoms with van der Waals surface area (Å²) in [6.45, 7) is 13.3. The van der Waals surface area contributed by atoms with E-state index in [1.807, 2.05) is 6.92 Å².